The third-order valence-corrected chi connectivity index (χ3v) is 4.03. The van der Waals surface area contributed by atoms with Crippen molar-refractivity contribution < 1.29 is 4.79 Å². The van der Waals surface area contributed by atoms with Gasteiger partial charge in [-0.05, 0) is 36.3 Å². The van der Waals surface area contributed by atoms with Gasteiger partial charge in [-0.1, -0.05) is 60.7 Å². The van der Waals surface area contributed by atoms with Gasteiger partial charge in [-0.15, -0.1) is 0 Å². The summed E-state index contributed by atoms with van der Waals surface area (Å²) in [6, 6.07) is 20.5. The van der Waals surface area contributed by atoms with E-state index < -0.39 is 0 Å². The molecule has 3 heteroatoms. The number of aryl methyl sites for hydroxylation is 1. The highest BCUT2D eigenvalue weighted by Gasteiger charge is 2.43. The van der Waals surface area contributed by atoms with Gasteiger partial charge in [0.05, 0.1) is 0 Å². The monoisotopic (exact) mass is 292 g/mol. The first-order chi connectivity index (χ1) is 10.8. The lowest BCUT2D eigenvalue weighted by Crippen LogP contribution is -2.20. The normalized spacial score (nSPS) is 20.0. The van der Waals surface area contributed by atoms with Crippen LogP contribution in [0.15, 0.2) is 65.8 Å². The lowest BCUT2D eigenvalue weighted by molar-refractivity contribution is -0.122. The van der Waals surface area contributed by atoms with Crippen molar-refractivity contribution in [1.82, 2.24) is 5.43 Å². The molecule has 3 nitrogen and oxygen atoms in total. The summed E-state index contributed by atoms with van der Waals surface area (Å²) in [5.74, 6) is 0.471. The van der Waals surface area contributed by atoms with Gasteiger partial charge >= 0.3 is 0 Å². The summed E-state index contributed by atoms with van der Waals surface area (Å²) in [5.41, 5.74) is 5.19. The van der Waals surface area contributed by atoms with Gasteiger partial charge in [0.15, 0.2) is 0 Å². The molecular weight excluding hydrogens is 272 g/mol. The third-order valence-electron chi connectivity index (χ3n) is 4.03. The Morgan fingerprint density at radius 3 is 2.50 bits per heavy atom. The van der Waals surface area contributed by atoms with Crippen molar-refractivity contribution in [2.75, 3.05) is 0 Å². The number of amides is 1. The summed E-state index contributed by atoms with van der Waals surface area (Å²) in [6.07, 6.45) is 4.48. The number of nitrogens with zero attached hydrogens (tertiary/aromatic N) is 1. The first-order valence-corrected chi connectivity index (χ1v) is 7.75. The lowest BCUT2D eigenvalue weighted by atomic mass is 10.1. The number of rotatable bonds is 6. The summed E-state index contributed by atoms with van der Waals surface area (Å²) in [6.45, 7) is 0. The van der Waals surface area contributed by atoms with E-state index in [-0.39, 0.29) is 11.8 Å². The Balaban J connectivity index is 1.39. The van der Waals surface area contributed by atoms with Crippen LogP contribution < -0.4 is 5.43 Å². The molecule has 0 heterocycles. The van der Waals surface area contributed by atoms with E-state index >= 15 is 0 Å². The Morgan fingerprint density at radius 2 is 1.77 bits per heavy atom. The van der Waals surface area contributed by atoms with E-state index in [2.05, 4.69) is 34.8 Å². The second-order valence-electron chi connectivity index (χ2n) is 5.67. The van der Waals surface area contributed by atoms with E-state index in [4.69, 9.17) is 0 Å². The molecule has 1 aliphatic carbocycles. The van der Waals surface area contributed by atoms with Gasteiger partial charge in [0.2, 0.25) is 5.91 Å². The first kappa shape index (κ1) is 14.5. The zero-order valence-electron chi connectivity index (χ0n) is 12.5. The van der Waals surface area contributed by atoms with E-state index in [0.717, 1.165) is 19.3 Å². The van der Waals surface area contributed by atoms with E-state index in [0.29, 0.717) is 5.92 Å². The molecule has 0 radical (unpaired) electrons. The molecule has 22 heavy (non-hydrogen) atoms. The van der Waals surface area contributed by atoms with Gasteiger partial charge < -0.3 is 0 Å². The molecule has 2 aromatic rings. The molecule has 1 aliphatic rings. The molecule has 0 bridgehead atoms. The maximum absolute atomic E-state index is 12.0. The Morgan fingerprint density at radius 1 is 1.09 bits per heavy atom. The second-order valence-corrected chi connectivity index (χ2v) is 5.67. The zero-order valence-corrected chi connectivity index (χ0v) is 12.5. The fourth-order valence-corrected chi connectivity index (χ4v) is 2.69. The van der Waals surface area contributed by atoms with Crippen molar-refractivity contribution in [3.63, 3.8) is 0 Å². The highest BCUT2D eigenvalue weighted by Crippen LogP contribution is 2.47. The van der Waals surface area contributed by atoms with Crippen LogP contribution in [0.4, 0.5) is 0 Å². The maximum atomic E-state index is 12.0. The van der Waals surface area contributed by atoms with Gasteiger partial charge in [-0.25, -0.2) is 5.43 Å². The molecule has 2 aromatic carbocycles. The van der Waals surface area contributed by atoms with Gasteiger partial charge in [0, 0.05) is 12.1 Å². The Labute approximate surface area is 131 Å². The van der Waals surface area contributed by atoms with Crippen LogP contribution in [0.25, 0.3) is 0 Å². The molecule has 112 valence electrons. The van der Waals surface area contributed by atoms with Crippen molar-refractivity contribution >= 4 is 12.1 Å². The molecule has 1 fully saturated rings. The fraction of sp³-hybridized carbons (Fsp3) is 0.263. The van der Waals surface area contributed by atoms with E-state index in [9.17, 15) is 4.79 Å². The van der Waals surface area contributed by atoms with Crippen molar-refractivity contribution in [2.45, 2.75) is 25.2 Å². The van der Waals surface area contributed by atoms with E-state index in [1.54, 1.807) is 6.21 Å². The van der Waals surface area contributed by atoms with Crippen LogP contribution in [0, 0.1) is 5.92 Å². The summed E-state index contributed by atoms with van der Waals surface area (Å²) in [4.78, 5) is 12.0. The fourth-order valence-electron chi connectivity index (χ4n) is 2.69. The van der Waals surface area contributed by atoms with Gasteiger partial charge in [-0.2, -0.15) is 5.10 Å². The van der Waals surface area contributed by atoms with Crippen LogP contribution in [0.2, 0.25) is 0 Å². The number of hydrogen-bond acceptors (Lipinski definition) is 2. The molecule has 0 saturated heterocycles. The predicted molar refractivity (Wildman–Crippen MR) is 88.7 cm³/mol. The lowest BCUT2D eigenvalue weighted by Gasteiger charge is -2.00. The average Bonchev–Trinajstić information content (AvgIpc) is 3.37. The minimum absolute atomic E-state index is 0.0322. The summed E-state index contributed by atoms with van der Waals surface area (Å²) in [7, 11) is 0. The minimum atomic E-state index is 0.0322. The molecule has 1 N–H and O–H groups in total. The largest absolute Gasteiger partial charge is 0.273 e. The van der Waals surface area contributed by atoms with Crippen LogP contribution in [0.1, 0.15) is 29.9 Å². The molecule has 0 aliphatic heterocycles. The van der Waals surface area contributed by atoms with Crippen molar-refractivity contribution in [2.24, 2.45) is 11.0 Å². The van der Waals surface area contributed by atoms with Crippen LogP contribution >= 0.6 is 0 Å². The maximum Gasteiger partial charge on any atom is 0.243 e. The molecule has 0 aromatic heterocycles. The molecule has 2 unspecified atom stereocenters. The third kappa shape index (κ3) is 3.82. The topological polar surface area (TPSA) is 41.5 Å². The average molecular weight is 292 g/mol. The SMILES string of the molecule is O=C(N/N=C/CCc1ccccc1)C1CC1c1ccccc1. The van der Waals surface area contributed by atoms with Crippen LogP contribution in [0.5, 0.6) is 0 Å². The van der Waals surface area contributed by atoms with Crippen LogP contribution in [0.3, 0.4) is 0 Å². The predicted octanol–water partition coefficient (Wildman–Crippen LogP) is 3.52. The van der Waals surface area contributed by atoms with E-state index in [1.165, 1.54) is 11.1 Å². The van der Waals surface area contributed by atoms with Crippen LogP contribution in [-0.4, -0.2) is 12.1 Å². The van der Waals surface area contributed by atoms with Crippen molar-refractivity contribution in [1.29, 1.82) is 0 Å². The standard InChI is InChI=1S/C19H20N2O/c22-19(18-14-17(18)16-11-5-2-6-12-16)21-20-13-7-10-15-8-3-1-4-9-15/h1-6,8-9,11-13,17-18H,7,10,14H2,(H,21,22)/b20-13+. The van der Waals surface area contributed by atoms with Crippen molar-refractivity contribution in [3.8, 4) is 0 Å². The second kappa shape index (κ2) is 7.03. The molecule has 0 spiro atoms. The highest BCUT2D eigenvalue weighted by molar-refractivity contribution is 5.83. The minimum Gasteiger partial charge on any atom is -0.273 e. The first-order valence-electron chi connectivity index (χ1n) is 7.75. The van der Waals surface area contributed by atoms with Gasteiger partial charge in [0.1, 0.15) is 0 Å². The summed E-state index contributed by atoms with van der Waals surface area (Å²) in [5, 5.41) is 4.05. The van der Waals surface area contributed by atoms with Gasteiger partial charge in [-0.3, -0.25) is 4.79 Å². The number of carbonyl (C=O) groups is 1. The van der Waals surface area contributed by atoms with Crippen LogP contribution in [-0.2, 0) is 11.2 Å². The number of benzene rings is 2. The quantitative estimate of drug-likeness (QED) is 0.642. The van der Waals surface area contributed by atoms with Crippen molar-refractivity contribution in [3.05, 3.63) is 71.8 Å². The molecule has 1 saturated carbocycles. The molecular formula is C19H20N2O. The molecule has 2 atom stereocenters. The number of hydrogen-bond donors (Lipinski definition) is 1. The Hall–Kier alpha value is -2.42. The van der Waals surface area contributed by atoms with E-state index in [1.807, 2.05) is 36.4 Å². The Bertz CT molecular complexity index is 637. The number of hydrazone groups is 1. The number of carbonyl (C=O) groups excluding carboxylic acids is 1. The highest BCUT2D eigenvalue weighted by atomic mass is 16.2. The number of nitrogens with one attached hydrogen (secondary N) is 1. The van der Waals surface area contributed by atoms with Gasteiger partial charge in [0.25, 0.3) is 0 Å². The zero-order chi connectivity index (χ0) is 15.2. The summed E-state index contributed by atoms with van der Waals surface area (Å²) < 4.78 is 0. The smallest absolute Gasteiger partial charge is 0.243 e. The summed E-state index contributed by atoms with van der Waals surface area (Å²) >= 11 is 0. The molecule has 3 rings (SSSR count). The Kier molecular flexibility index (Phi) is 4.64. The molecule has 1 amide bonds.